The molecule has 2 N–H and O–H groups in total. The number of hydrogen-bond donors (Lipinski definition) is 2. The number of benzene rings is 2. The molecule has 0 unspecified atom stereocenters. The van der Waals surface area contributed by atoms with Gasteiger partial charge in [0.25, 0.3) is 11.8 Å². The van der Waals surface area contributed by atoms with Crippen LogP contribution in [0.4, 0.5) is 18.9 Å². The lowest BCUT2D eigenvalue weighted by Gasteiger charge is -2.12. The van der Waals surface area contributed by atoms with Gasteiger partial charge in [0.1, 0.15) is 6.54 Å². The first kappa shape index (κ1) is 22.4. The van der Waals surface area contributed by atoms with Crippen LogP contribution in [-0.4, -0.2) is 38.7 Å². The average Bonchev–Trinajstić information content (AvgIpc) is 2.67. The number of amides is 2. The van der Waals surface area contributed by atoms with Crippen LogP contribution < -0.4 is 10.6 Å². The lowest BCUT2D eigenvalue weighted by Crippen LogP contribution is -2.33. The van der Waals surface area contributed by atoms with Gasteiger partial charge >= 0.3 is 6.18 Å². The summed E-state index contributed by atoms with van der Waals surface area (Å²) in [7, 11) is -3.39. The summed E-state index contributed by atoms with van der Waals surface area (Å²) in [4.78, 5) is 24.4. The summed E-state index contributed by atoms with van der Waals surface area (Å²) in [5, 5.41) is 4.34. The Morgan fingerprint density at radius 1 is 0.966 bits per heavy atom. The van der Waals surface area contributed by atoms with E-state index in [4.69, 9.17) is 0 Å². The summed E-state index contributed by atoms with van der Waals surface area (Å²) in [6, 6.07) is 9.47. The Bertz CT molecular complexity index is 1020. The number of sulfone groups is 1. The molecular weight excluding hydrogens is 409 g/mol. The molecule has 0 aliphatic carbocycles. The van der Waals surface area contributed by atoms with Crippen molar-refractivity contribution >= 4 is 27.3 Å². The van der Waals surface area contributed by atoms with Crippen molar-refractivity contribution in [2.45, 2.75) is 24.9 Å². The zero-order chi connectivity index (χ0) is 21.8. The Hall–Kier alpha value is -2.88. The fourth-order valence-corrected chi connectivity index (χ4v) is 3.24. The molecule has 10 heteroatoms. The van der Waals surface area contributed by atoms with Crippen LogP contribution >= 0.6 is 0 Å². The highest BCUT2D eigenvalue weighted by atomic mass is 32.2. The molecule has 0 radical (unpaired) electrons. The van der Waals surface area contributed by atoms with Gasteiger partial charge in [-0.3, -0.25) is 9.59 Å². The summed E-state index contributed by atoms with van der Waals surface area (Å²) in [6.07, 6.45) is -4.53. The molecular formula is C19H19F3N2O4S. The van der Waals surface area contributed by atoms with Crippen LogP contribution in [0.15, 0.2) is 47.4 Å². The van der Waals surface area contributed by atoms with Gasteiger partial charge in [0.2, 0.25) is 0 Å². The van der Waals surface area contributed by atoms with Crippen molar-refractivity contribution in [3.05, 3.63) is 59.2 Å². The van der Waals surface area contributed by atoms with Crippen LogP contribution in [0.3, 0.4) is 0 Å². The Balaban J connectivity index is 2.17. The van der Waals surface area contributed by atoms with E-state index < -0.39 is 34.4 Å². The highest BCUT2D eigenvalue weighted by Gasteiger charge is 2.28. The van der Waals surface area contributed by atoms with Gasteiger partial charge in [-0.05, 0) is 48.9 Å². The molecule has 156 valence electrons. The lowest BCUT2D eigenvalue weighted by atomic mass is 10.1. The number of nitrogens with one attached hydrogen (secondary N) is 2. The Kier molecular flexibility index (Phi) is 6.68. The van der Waals surface area contributed by atoms with Gasteiger partial charge in [-0.15, -0.1) is 0 Å². The maximum absolute atomic E-state index is 12.4. The number of alkyl halides is 3. The van der Waals surface area contributed by atoms with Crippen molar-refractivity contribution in [3.63, 3.8) is 0 Å². The fourth-order valence-electron chi connectivity index (χ4n) is 2.36. The number of carbonyl (C=O) groups excluding carboxylic acids is 2. The molecule has 0 aliphatic heterocycles. The van der Waals surface area contributed by atoms with Crippen molar-refractivity contribution in [1.82, 2.24) is 5.32 Å². The Morgan fingerprint density at radius 2 is 1.55 bits per heavy atom. The van der Waals surface area contributed by atoms with Crippen LogP contribution in [0.25, 0.3) is 0 Å². The molecule has 0 aromatic heterocycles. The van der Waals surface area contributed by atoms with E-state index in [0.29, 0.717) is 5.56 Å². The first-order valence-electron chi connectivity index (χ1n) is 8.52. The SMILES string of the molecule is CCS(=O)(=O)c1ccc(C(=O)Nc2cc(C(=O)NCC(F)(F)F)ccc2C)cc1. The van der Waals surface area contributed by atoms with Crippen molar-refractivity contribution in [3.8, 4) is 0 Å². The summed E-state index contributed by atoms with van der Waals surface area (Å²) in [6.45, 7) is 1.70. The van der Waals surface area contributed by atoms with Gasteiger partial charge in [-0.1, -0.05) is 13.0 Å². The standard InChI is InChI=1S/C19H19F3N2O4S/c1-3-29(27,28)15-8-6-13(7-9-15)18(26)24-16-10-14(5-4-12(16)2)17(25)23-11-19(20,21)22/h4-10H,3,11H2,1-2H3,(H,23,25)(H,24,26). The van der Waals surface area contributed by atoms with Gasteiger partial charge in [0.05, 0.1) is 10.6 Å². The van der Waals surface area contributed by atoms with Crippen molar-refractivity contribution in [1.29, 1.82) is 0 Å². The molecule has 2 amide bonds. The van der Waals surface area contributed by atoms with E-state index in [2.05, 4.69) is 5.32 Å². The third-order valence-corrected chi connectivity index (χ3v) is 5.80. The van der Waals surface area contributed by atoms with Gasteiger partial charge in [-0.2, -0.15) is 13.2 Å². The maximum Gasteiger partial charge on any atom is 0.405 e. The summed E-state index contributed by atoms with van der Waals surface area (Å²) >= 11 is 0. The van der Waals surface area contributed by atoms with Crippen molar-refractivity contribution in [2.24, 2.45) is 0 Å². The smallest absolute Gasteiger partial charge is 0.343 e. The third-order valence-electron chi connectivity index (χ3n) is 4.05. The molecule has 2 aromatic rings. The van der Waals surface area contributed by atoms with Gasteiger partial charge in [0, 0.05) is 16.8 Å². The second-order valence-corrected chi connectivity index (χ2v) is 8.49. The number of halogens is 3. The average molecular weight is 428 g/mol. The van der Waals surface area contributed by atoms with E-state index in [-0.39, 0.29) is 27.5 Å². The van der Waals surface area contributed by atoms with Crippen LogP contribution in [0, 0.1) is 6.92 Å². The molecule has 2 rings (SSSR count). The van der Waals surface area contributed by atoms with E-state index >= 15 is 0 Å². The minimum absolute atomic E-state index is 0.0421. The minimum atomic E-state index is -4.53. The first-order chi connectivity index (χ1) is 13.4. The molecule has 0 saturated heterocycles. The van der Waals surface area contributed by atoms with Crippen molar-refractivity contribution in [2.75, 3.05) is 17.6 Å². The molecule has 0 bridgehead atoms. The summed E-state index contributed by atoms with van der Waals surface area (Å²) in [5.41, 5.74) is 0.988. The van der Waals surface area contributed by atoms with E-state index in [1.165, 1.54) is 49.4 Å². The van der Waals surface area contributed by atoms with E-state index in [9.17, 15) is 31.2 Å². The third kappa shape index (κ3) is 6.05. The van der Waals surface area contributed by atoms with E-state index in [1.54, 1.807) is 12.2 Å². The van der Waals surface area contributed by atoms with Crippen LogP contribution in [0.5, 0.6) is 0 Å². The lowest BCUT2D eigenvalue weighted by molar-refractivity contribution is -0.123. The Labute approximate surface area is 166 Å². The fraction of sp³-hybridized carbons (Fsp3) is 0.263. The summed E-state index contributed by atoms with van der Waals surface area (Å²) < 4.78 is 60.4. The zero-order valence-corrected chi connectivity index (χ0v) is 16.4. The highest BCUT2D eigenvalue weighted by Crippen LogP contribution is 2.20. The zero-order valence-electron chi connectivity index (χ0n) is 15.6. The quantitative estimate of drug-likeness (QED) is 0.738. The molecule has 29 heavy (non-hydrogen) atoms. The molecule has 0 spiro atoms. The van der Waals surface area contributed by atoms with E-state index in [1.807, 2.05) is 0 Å². The molecule has 0 fully saturated rings. The van der Waals surface area contributed by atoms with Crippen LogP contribution in [0.1, 0.15) is 33.2 Å². The first-order valence-corrected chi connectivity index (χ1v) is 10.2. The summed E-state index contributed by atoms with van der Waals surface area (Å²) in [5.74, 6) is -1.55. The molecule has 0 heterocycles. The number of hydrogen-bond acceptors (Lipinski definition) is 4. The minimum Gasteiger partial charge on any atom is -0.343 e. The largest absolute Gasteiger partial charge is 0.405 e. The Morgan fingerprint density at radius 3 is 2.10 bits per heavy atom. The van der Waals surface area contributed by atoms with Gasteiger partial charge < -0.3 is 10.6 Å². The molecule has 6 nitrogen and oxygen atoms in total. The topological polar surface area (TPSA) is 92.3 Å². The normalized spacial score (nSPS) is 11.8. The highest BCUT2D eigenvalue weighted by molar-refractivity contribution is 7.91. The molecule has 0 atom stereocenters. The maximum atomic E-state index is 12.4. The molecule has 0 aliphatic rings. The second-order valence-electron chi connectivity index (χ2n) is 6.21. The van der Waals surface area contributed by atoms with Gasteiger partial charge in [-0.25, -0.2) is 8.42 Å². The van der Waals surface area contributed by atoms with Crippen LogP contribution in [0.2, 0.25) is 0 Å². The molecule has 0 saturated carbocycles. The predicted molar refractivity (Wildman–Crippen MR) is 102 cm³/mol. The number of anilines is 1. The second kappa shape index (κ2) is 8.64. The number of carbonyl (C=O) groups is 2. The van der Waals surface area contributed by atoms with Crippen molar-refractivity contribution < 1.29 is 31.2 Å². The predicted octanol–water partition coefficient (Wildman–Crippen LogP) is 3.33. The molecule has 2 aromatic carbocycles. The number of aryl methyl sites for hydroxylation is 1. The van der Waals surface area contributed by atoms with Gasteiger partial charge in [0.15, 0.2) is 9.84 Å². The van der Waals surface area contributed by atoms with Crippen LogP contribution in [-0.2, 0) is 9.84 Å². The number of rotatable bonds is 6. The monoisotopic (exact) mass is 428 g/mol. The van der Waals surface area contributed by atoms with E-state index in [0.717, 1.165) is 0 Å².